The van der Waals surface area contributed by atoms with Gasteiger partial charge in [-0.05, 0) is 96.3 Å². The number of rotatable bonds is 53. The Morgan fingerprint density at radius 3 is 0.831 bits per heavy atom. The van der Waals surface area contributed by atoms with Gasteiger partial charge in [0.15, 0.2) is 6.10 Å². The fourth-order valence-corrected chi connectivity index (χ4v) is 8.08. The summed E-state index contributed by atoms with van der Waals surface area (Å²) >= 11 is 0. The second-order valence-corrected chi connectivity index (χ2v) is 19.6. The summed E-state index contributed by atoms with van der Waals surface area (Å²) < 4.78 is 16.8. The highest BCUT2D eigenvalue weighted by Gasteiger charge is 2.19. The minimum absolute atomic E-state index is 0.121. The number of hydrogen-bond acceptors (Lipinski definition) is 6. The van der Waals surface area contributed by atoms with Gasteiger partial charge in [0.25, 0.3) is 0 Å². The molecule has 0 aliphatic carbocycles. The zero-order valence-electron chi connectivity index (χ0n) is 46.5. The minimum Gasteiger partial charge on any atom is -0.462 e. The lowest BCUT2D eigenvalue weighted by Crippen LogP contribution is -2.30. The smallest absolute Gasteiger partial charge is 0.306 e. The van der Waals surface area contributed by atoms with Crippen molar-refractivity contribution in [2.75, 3.05) is 13.2 Å². The molecule has 0 rings (SSSR count). The molecule has 0 N–H and O–H groups in total. The Balaban J connectivity index is 4.52. The molecule has 0 spiro atoms. The van der Waals surface area contributed by atoms with E-state index in [9.17, 15) is 14.4 Å². The van der Waals surface area contributed by atoms with Crippen LogP contribution in [0.1, 0.15) is 278 Å². The first-order chi connectivity index (χ1) is 35.0. The van der Waals surface area contributed by atoms with Crippen LogP contribution in [0.2, 0.25) is 0 Å². The molecular formula is C65H110O6. The van der Waals surface area contributed by atoms with Gasteiger partial charge >= 0.3 is 17.9 Å². The maximum Gasteiger partial charge on any atom is 0.306 e. The fraction of sp³-hybridized carbons (Fsp3) is 0.708. The van der Waals surface area contributed by atoms with E-state index in [-0.39, 0.29) is 44.0 Å². The van der Waals surface area contributed by atoms with Gasteiger partial charge in [-0.15, -0.1) is 0 Å². The lowest BCUT2D eigenvalue weighted by atomic mass is 10.0. The lowest BCUT2D eigenvalue weighted by Gasteiger charge is -2.18. The predicted molar refractivity (Wildman–Crippen MR) is 307 cm³/mol. The van der Waals surface area contributed by atoms with Crippen LogP contribution < -0.4 is 0 Å². The summed E-state index contributed by atoms with van der Waals surface area (Å²) in [6, 6.07) is 0. The summed E-state index contributed by atoms with van der Waals surface area (Å²) in [7, 11) is 0. The maximum absolute atomic E-state index is 12.9. The summed E-state index contributed by atoms with van der Waals surface area (Å²) in [6.07, 6.45) is 78.4. The van der Waals surface area contributed by atoms with Crippen LogP contribution in [0.4, 0.5) is 0 Å². The molecule has 0 aromatic heterocycles. The molecular weight excluding hydrogens is 877 g/mol. The summed E-state index contributed by atoms with van der Waals surface area (Å²) in [6.45, 7) is 6.51. The van der Waals surface area contributed by atoms with Crippen molar-refractivity contribution >= 4 is 17.9 Å². The van der Waals surface area contributed by atoms with Crippen molar-refractivity contribution in [2.45, 2.75) is 284 Å². The highest BCUT2D eigenvalue weighted by atomic mass is 16.6. The van der Waals surface area contributed by atoms with E-state index in [1.165, 1.54) is 154 Å². The molecule has 71 heavy (non-hydrogen) atoms. The molecule has 0 saturated heterocycles. The topological polar surface area (TPSA) is 78.9 Å². The van der Waals surface area contributed by atoms with E-state index in [0.29, 0.717) is 19.3 Å². The van der Waals surface area contributed by atoms with Gasteiger partial charge in [0.2, 0.25) is 0 Å². The van der Waals surface area contributed by atoms with Gasteiger partial charge in [-0.2, -0.15) is 0 Å². The predicted octanol–water partition coefficient (Wildman–Crippen LogP) is 20.1. The Morgan fingerprint density at radius 1 is 0.282 bits per heavy atom. The molecule has 0 bridgehead atoms. The number of unbranched alkanes of at least 4 members (excludes halogenated alkanes) is 26. The molecule has 0 aliphatic heterocycles. The molecule has 6 nitrogen and oxygen atoms in total. The summed E-state index contributed by atoms with van der Waals surface area (Å²) in [5.41, 5.74) is 0. The van der Waals surface area contributed by atoms with E-state index in [4.69, 9.17) is 14.2 Å². The van der Waals surface area contributed by atoms with Crippen molar-refractivity contribution < 1.29 is 28.6 Å². The molecule has 0 aromatic rings. The monoisotopic (exact) mass is 987 g/mol. The van der Waals surface area contributed by atoms with E-state index in [1.807, 2.05) is 0 Å². The second-order valence-electron chi connectivity index (χ2n) is 19.6. The Kier molecular flexibility index (Phi) is 55.9. The van der Waals surface area contributed by atoms with E-state index < -0.39 is 6.10 Å². The third-order valence-corrected chi connectivity index (χ3v) is 12.6. The highest BCUT2D eigenvalue weighted by Crippen LogP contribution is 2.16. The zero-order chi connectivity index (χ0) is 51.4. The first kappa shape index (κ1) is 67.3. The average molecular weight is 988 g/mol. The van der Waals surface area contributed by atoms with Gasteiger partial charge < -0.3 is 14.2 Å². The first-order valence-corrected chi connectivity index (χ1v) is 29.7. The number of carbonyl (C=O) groups excluding carboxylic acids is 3. The normalized spacial score (nSPS) is 12.4. The SMILES string of the molecule is CCCCC/C=C\C/C=C\C/C=C\C/C=C\CCCC(=O)OCC(COC(=O)CCC/C=C\C/C=C\C/C=C\C/C=C\CCCCC)OC(=O)CCCCCCCCCCCCCCCCCCCCC. The van der Waals surface area contributed by atoms with Gasteiger partial charge in [0.05, 0.1) is 0 Å². The van der Waals surface area contributed by atoms with Crippen LogP contribution in [0.3, 0.4) is 0 Å². The van der Waals surface area contributed by atoms with Gasteiger partial charge in [-0.3, -0.25) is 14.4 Å². The van der Waals surface area contributed by atoms with Crippen molar-refractivity contribution in [3.63, 3.8) is 0 Å². The summed E-state index contributed by atoms with van der Waals surface area (Å²) in [5.74, 6) is -1.02. The van der Waals surface area contributed by atoms with Gasteiger partial charge in [-0.1, -0.05) is 259 Å². The quantitative estimate of drug-likeness (QED) is 0.0261. The standard InChI is InChI=1S/C65H110O6/c1-4-7-10-13-16-19-22-25-28-31-32-35-38-41-44-47-50-53-56-59-65(68)71-62(60-69-63(66)57-54-51-48-45-42-39-36-33-29-26-23-20-17-14-11-8-5-2)61-70-64(67)58-55-52-49-46-43-40-37-34-30-27-24-21-18-15-12-9-6-3/h17-18,20-21,26-27,29-30,36-37,39-40,45-46,48-49,62H,4-16,19,22-25,28,31-35,38,41-44,47,50-61H2,1-3H3/b20-17-,21-18-,29-26-,30-27-,39-36-,40-37-,48-45-,49-46-. The first-order valence-electron chi connectivity index (χ1n) is 29.7. The molecule has 406 valence electrons. The van der Waals surface area contributed by atoms with Crippen molar-refractivity contribution in [1.29, 1.82) is 0 Å². The maximum atomic E-state index is 12.9. The molecule has 6 heteroatoms. The van der Waals surface area contributed by atoms with Gasteiger partial charge in [-0.25, -0.2) is 0 Å². The van der Waals surface area contributed by atoms with E-state index >= 15 is 0 Å². The Hall–Kier alpha value is -3.67. The highest BCUT2D eigenvalue weighted by molar-refractivity contribution is 5.71. The summed E-state index contributed by atoms with van der Waals surface area (Å²) in [5, 5.41) is 0. The Bertz CT molecular complexity index is 1330. The molecule has 0 radical (unpaired) electrons. The molecule has 0 heterocycles. The van der Waals surface area contributed by atoms with Crippen molar-refractivity contribution in [3.8, 4) is 0 Å². The van der Waals surface area contributed by atoms with E-state index in [0.717, 1.165) is 70.6 Å². The lowest BCUT2D eigenvalue weighted by molar-refractivity contribution is -0.167. The van der Waals surface area contributed by atoms with Crippen molar-refractivity contribution in [2.24, 2.45) is 0 Å². The minimum atomic E-state index is -0.821. The number of carbonyl (C=O) groups is 3. The Morgan fingerprint density at radius 2 is 0.521 bits per heavy atom. The molecule has 0 amide bonds. The molecule has 0 saturated carbocycles. The van der Waals surface area contributed by atoms with Crippen LogP contribution in [-0.4, -0.2) is 37.2 Å². The Labute approximate surface area is 438 Å². The number of allylic oxidation sites excluding steroid dienone is 16. The third-order valence-electron chi connectivity index (χ3n) is 12.6. The van der Waals surface area contributed by atoms with Crippen molar-refractivity contribution in [1.82, 2.24) is 0 Å². The second kappa shape index (κ2) is 58.9. The van der Waals surface area contributed by atoms with Gasteiger partial charge in [0.1, 0.15) is 13.2 Å². The van der Waals surface area contributed by atoms with Crippen LogP contribution in [0.15, 0.2) is 97.2 Å². The number of esters is 3. The van der Waals surface area contributed by atoms with E-state index in [1.54, 1.807) is 0 Å². The van der Waals surface area contributed by atoms with Crippen LogP contribution in [-0.2, 0) is 28.6 Å². The van der Waals surface area contributed by atoms with Crippen molar-refractivity contribution in [3.05, 3.63) is 97.2 Å². The van der Waals surface area contributed by atoms with Gasteiger partial charge in [0, 0.05) is 19.3 Å². The fourth-order valence-electron chi connectivity index (χ4n) is 8.08. The third kappa shape index (κ3) is 57.1. The number of hydrogen-bond donors (Lipinski definition) is 0. The van der Waals surface area contributed by atoms with Crippen LogP contribution in [0.5, 0.6) is 0 Å². The molecule has 0 atom stereocenters. The largest absolute Gasteiger partial charge is 0.462 e. The van der Waals surface area contributed by atoms with Crippen LogP contribution in [0, 0.1) is 0 Å². The van der Waals surface area contributed by atoms with Crippen LogP contribution >= 0.6 is 0 Å². The molecule has 0 aromatic carbocycles. The summed E-state index contributed by atoms with van der Waals surface area (Å²) in [4.78, 5) is 38.2. The molecule has 0 aliphatic rings. The molecule has 0 fully saturated rings. The zero-order valence-corrected chi connectivity index (χ0v) is 46.5. The number of ether oxygens (including phenoxy) is 3. The average Bonchev–Trinajstić information content (AvgIpc) is 3.37. The van der Waals surface area contributed by atoms with Crippen LogP contribution in [0.25, 0.3) is 0 Å². The van der Waals surface area contributed by atoms with E-state index in [2.05, 4.69) is 118 Å². The molecule has 0 unspecified atom stereocenters.